The topological polar surface area (TPSA) is 88.1 Å². The van der Waals surface area contributed by atoms with Gasteiger partial charge >= 0.3 is 6.09 Å². The van der Waals surface area contributed by atoms with E-state index in [-0.39, 0.29) is 23.2 Å². The van der Waals surface area contributed by atoms with Crippen LogP contribution in [0.2, 0.25) is 0 Å². The first-order valence-electron chi connectivity index (χ1n) is 10.7. The molecule has 0 bridgehead atoms. The predicted octanol–water partition coefficient (Wildman–Crippen LogP) is 3.99. The van der Waals surface area contributed by atoms with Gasteiger partial charge in [0.2, 0.25) is 5.91 Å². The fourth-order valence-corrected chi connectivity index (χ4v) is 4.54. The fraction of sp³-hybridized carbons (Fsp3) is 0.417. The Balaban J connectivity index is 1.26. The molecule has 2 aromatic carbocycles. The maximum Gasteiger partial charge on any atom is 0.407 e. The van der Waals surface area contributed by atoms with Gasteiger partial charge in [-0.3, -0.25) is 4.79 Å². The van der Waals surface area contributed by atoms with Crippen LogP contribution in [0.3, 0.4) is 0 Å². The Morgan fingerprint density at radius 2 is 1.77 bits per heavy atom. The number of aromatic hydroxyl groups is 1. The maximum absolute atomic E-state index is 13.1. The predicted molar refractivity (Wildman–Crippen MR) is 116 cm³/mol. The third kappa shape index (κ3) is 4.60. The Bertz CT molecular complexity index is 918. The van der Waals surface area contributed by atoms with Gasteiger partial charge in [-0.05, 0) is 74.1 Å². The van der Waals surface area contributed by atoms with E-state index in [4.69, 9.17) is 9.47 Å². The molecule has 2 aromatic rings. The lowest BCUT2D eigenvalue weighted by molar-refractivity contribution is -0.128. The maximum atomic E-state index is 13.1. The fourth-order valence-electron chi connectivity index (χ4n) is 4.54. The van der Waals surface area contributed by atoms with E-state index in [1.165, 1.54) is 0 Å². The second-order valence-electron chi connectivity index (χ2n) is 8.31. The molecule has 1 saturated carbocycles. The summed E-state index contributed by atoms with van der Waals surface area (Å²) < 4.78 is 10.7. The van der Waals surface area contributed by atoms with Gasteiger partial charge in [-0.2, -0.15) is 0 Å². The molecule has 0 radical (unpaired) electrons. The third-order valence-electron chi connectivity index (χ3n) is 6.43. The molecule has 1 aliphatic heterocycles. The van der Waals surface area contributed by atoms with Crippen LogP contribution in [-0.4, -0.2) is 36.9 Å². The van der Waals surface area contributed by atoms with Crippen LogP contribution in [0.25, 0.3) is 0 Å². The van der Waals surface area contributed by atoms with Crippen LogP contribution in [0.5, 0.6) is 11.5 Å². The van der Waals surface area contributed by atoms with E-state index in [0.717, 1.165) is 36.3 Å². The minimum absolute atomic E-state index is 0.139. The Morgan fingerprint density at radius 3 is 2.42 bits per heavy atom. The van der Waals surface area contributed by atoms with Crippen molar-refractivity contribution in [1.82, 2.24) is 5.32 Å². The zero-order valence-electron chi connectivity index (χ0n) is 17.7. The van der Waals surface area contributed by atoms with E-state index in [9.17, 15) is 14.7 Å². The zero-order chi connectivity index (χ0) is 21.8. The van der Waals surface area contributed by atoms with Gasteiger partial charge in [0.05, 0.1) is 12.5 Å². The molecule has 2 fully saturated rings. The molecule has 1 heterocycles. The van der Waals surface area contributed by atoms with Gasteiger partial charge in [0.1, 0.15) is 17.6 Å². The largest absolute Gasteiger partial charge is 0.508 e. The molecule has 4 rings (SSSR count). The summed E-state index contributed by atoms with van der Waals surface area (Å²) in [6.45, 7) is 1.07. The van der Waals surface area contributed by atoms with E-state index >= 15 is 0 Å². The van der Waals surface area contributed by atoms with Crippen molar-refractivity contribution in [1.29, 1.82) is 0 Å². The minimum atomic E-state index is -0.430. The van der Waals surface area contributed by atoms with Crippen molar-refractivity contribution in [2.75, 3.05) is 18.6 Å². The highest BCUT2D eigenvalue weighted by Crippen LogP contribution is 2.46. The Morgan fingerprint density at radius 1 is 1.10 bits per heavy atom. The molecule has 0 unspecified atom stereocenters. The summed E-state index contributed by atoms with van der Waals surface area (Å²) in [5, 5.41) is 12.3. The quantitative estimate of drug-likeness (QED) is 0.758. The van der Waals surface area contributed by atoms with Crippen molar-refractivity contribution in [3.05, 3.63) is 54.1 Å². The number of alkyl carbamates (subject to hydrolysis) is 1. The lowest BCUT2D eigenvalue weighted by Crippen LogP contribution is -2.40. The van der Waals surface area contributed by atoms with E-state index in [1.807, 2.05) is 29.2 Å². The number of carbonyl (C=O) groups excluding carboxylic acids is 2. The molecular formula is C24H28N2O5. The monoisotopic (exact) mass is 424 g/mol. The third-order valence-corrected chi connectivity index (χ3v) is 6.43. The minimum Gasteiger partial charge on any atom is -0.508 e. The number of carbonyl (C=O) groups is 2. The van der Waals surface area contributed by atoms with Crippen LogP contribution in [0, 0.1) is 5.41 Å². The molecular weight excluding hydrogens is 396 g/mol. The van der Waals surface area contributed by atoms with Gasteiger partial charge in [0, 0.05) is 18.8 Å². The highest BCUT2D eigenvalue weighted by atomic mass is 16.6. The molecule has 7 heteroatoms. The van der Waals surface area contributed by atoms with Crippen LogP contribution in [0.1, 0.15) is 37.7 Å². The number of phenols is 1. The average molecular weight is 424 g/mol. The van der Waals surface area contributed by atoms with Crippen molar-refractivity contribution in [3.63, 3.8) is 0 Å². The van der Waals surface area contributed by atoms with Gasteiger partial charge < -0.3 is 24.8 Å². The summed E-state index contributed by atoms with van der Waals surface area (Å²) in [6, 6.07) is 14.2. The van der Waals surface area contributed by atoms with Crippen molar-refractivity contribution >= 4 is 17.7 Å². The first-order valence-corrected chi connectivity index (χ1v) is 10.7. The second kappa shape index (κ2) is 8.88. The molecule has 2 amide bonds. The lowest BCUT2D eigenvalue weighted by atomic mass is 9.72. The van der Waals surface area contributed by atoms with E-state index in [0.29, 0.717) is 25.9 Å². The normalized spacial score (nSPS) is 23.1. The van der Waals surface area contributed by atoms with Crippen LogP contribution in [0.4, 0.5) is 10.5 Å². The highest BCUT2D eigenvalue weighted by molar-refractivity contribution is 6.00. The zero-order valence-corrected chi connectivity index (χ0v) is 17.7. The summed E-state index contributed by atoms with van der Waals surface area (Å²) in [5.41, 5.74) is 1.42. The van der Waals surface area contributed by atoms with Crippen molar-refractivity contribution in [3.8, 4) is 11.5 Å². The molecule has 2 aliphatic rings. The number of ether oxygens (including phenoxy) is 2. The number of amides is 2. The Labute approximate surface area is 182 Å². The van der Waals surface area contributed by atoms with Crippen molar-refractivity contribution in [2.45, 2.75) is 44.8 Å². The van der Waals surface area contributed by atoms with Crippen LogP contribution >= 0.6 is 0 Å². The molecule has 1 aliphatic carbocycles. The highest BCUT2D eigenvalue weighted by Gasteiger charge is 2.49. The van der Waals surface area contributed by atoms with Crippen molar-refractivity contribution < 1.29 is 24.2 Å². The van der Waals surface area contributed by atoms with Gasteiger partial charge in [-0.25, -0.2) is 4.79 Å². The summed E-state index contributed by atoms with van der Waals surface area (Å²) >= 11 is 0. The molecule has 0 atom stereocenters. The van der Waals surface area contributed by atoms with E-state index < -0.39 is 6.09 Å². The molecule has 31 heavy (non-hydrogen) atoms. The number of nitrogens with one attached hydrogen (secondary N) is 1. The number of rotatable bonds is 5. The smallest absolute Gasteiger partial charge is 0.407 e. The van der Waals surface area contributed by atoms with Crippen LogP contribution in [-0.2, 0) is 16.1 Å². The van der Waals surface area contributed by atoms with Gasteiger partial charge in [-0.15, -0.1) is 0 Å². The number of hydrogen-bond acceptors (Lipinski definition) is 5. The average Bonchev–Trinajstić information content (AvgIpc) is 3.10. The summed E-state index contributed by atoms with van der Waals surface area (Å²) in [6.07, 6.45) is 3.02. The standard InChI is InChI=1S/C24H28N2O5/c1-30-20-8-2-17(3-9-20)16-25-23(29)31-21-10-12-24(13-11-21)14-15-26(22(24)28)18-4-6-19(27)7-5-18/h2-9,21,27H,10-16H2,1H3,(H,25,29). The number of phenolic OH excluding ortho intramolecular Hbond substituents is 1. The first-order chi connectivity index (χ1) is 15.0. The summed E-state index contributed by atoms with van der Waals surface area (Å²) in [5.74, 6) is 1.10. The molecule has 1 spiro atoms. The van der Waals surface area contributed by atoms with Crippen LogP contribution in [0.15, 0.2) is 48.5 Å². The summed E-state index contributed by atoms with van der Waals surface area (Å²) in [4.78, 5) is 27.1. The van der Waals surface area contributed by atoms with Gasteiger partial charge in [-0.1, -0.05) is 12.1 Å². The Hall–Kier alpha value is -3.22. The number of anilines is 1. The first kappa shape index (κ1) is 21.0. The molecule has 0 aromatic heterocycles. The Kier molecular flexibility index (Phi) is 6.02. The van der Waals surface area contributed by atoms with E-state index in [2.05, 4.69) is 5.32 Å². The molecule has 164 valence electrons. The molecule has 1 saturated heterocycles. The molecule has 7 nitrogen and oxygen atoms in total. The lowest BCUT2D eigenvalue weighted by Gasteiger charge is -2.35. The molecule has 2 N–H and O–H groups in total. The van der Waals surface area contributed by atoms with Crippen molar-refractivity contribution in [2.24, 2.45) is 5.41 Å². The number of hydrogen-bond donors (Lipinski definition) is 2. The number of methoxy groups -OCH3 is 1. The van der Waals surface area contributed by atoms with Gasteiger partial charge in [0.25, 0.3) is 0 Å². The number of nitrogens with zero attached hydrogens (tertiary/aromatic N) is 1. The SMILES string of the molecule is COc1ccc(CNC(=O)OC2CCC3(CC2)CCN(c2ccc(O)cc2)C3=O)cc1. The number of benzene rings is 2. The summed E-state index contributed by atoms with van der Waals surface area (Å²) in [7, 11) is 1.61. The van der Waals surface area contributed by atoms with Gasteiger partial charge in [0.15, 0.2) is 0 Å². The second-order valence-corrected chi connectivity index (χ2v) is 8.31. The van der Waals surface area contributed by atoms with E-state index in [1.54, 1.807) is 31.4 Å². The van der Waals surface area contributed by atoms with Crippen LogP contribution < -0.4 is 15.0 Å².